The van der Waals surface area contributed by atoms with Crippen LogP contribution in [0, 0.1) is 0 Å². The van der Waals surface area contributed by atoms with Gasteiger partial charge < -0.3 is 5.73 Å². The lowest BCUT2D eigenvalue weighted by Crippen LogP contribution is -1.97. The summed E-state index contributed by atoms with van der Waals surface area (Å²) < 4.78 is 0. The summed E-state index contributed by atoms with van der Waals surface area (Å²) in [6.45, 7) is 3.13. The molecule has 1 nitrogen and oxygen atoms in total. The summed E-state index contributed by atoms with van der Waals surface area (Å²) in [4.78, 5) is 0. The summed E-state index contributed by atoms with van der Waals surface area (Å²) in [6.07, 6.45) is 22.4. The lowest BCUT2D eigenvalue weighted by molar-refractivity contribution is 0.584. The monoisotopic (exact) mass is 253 g/mol. The summed E-state index contributed by atoms with van der Waals surface area (Å²) in [6, 6.07) is 0. The van der Waals surface area contributed by atoms with Gasteiger partial charge in [0, 0.05) is 0 Å². The Balaban J connectivity index is 2.99. The van der Waals surface area contributed by atoms with Crippen LogP contribution in [0.4, 0.5) is 0 Å². The molecule has 0 fully saturated rings. The maximum absolute atomic E-state index is 5.47. The predicted octanol–water partition coefficient (Wildman–Crippen LogP) is 5.59. The van der Waals surface area contributed by atoms with Crippen LogP contribution in [-0.2, 0) is 0 Å². The van der Waals surface area contributed by atoms with E-state index in [9.17, 15) is 0 Å². The molecule has 0 unspecified atom stereocenters. The molecule has 0 amide bonds. The standard InChI is InChI=1S/C17H35N/c1-2-3-4-5-6-7-8-9-10-11-12-13-14-15-16-17-18/h7-8H,2-6,9-18H2,1H3/b8-7-. The minimum absolute atomic E-state index is 0.864. The fourth-order valence-electron chi connectivity index (χ4n) is 2.22. The van der Waals surface area contributed by atoms with Crippen LogP contribution < -0.4 is 5.73 Å². The van der Waals surface area contributed by atoms with Gasteiger partial charge in [0.15, 0.2) is 0 Å². The van der Waals surface area contributed by atoms with Crippen molar-refractivity contribution in [3.05, 3.63) is 12.2 Å². The van der Waals surface area contributed by atoms with Gasteiger partial charge in [-0.3, -0.25) is 0 Å². The van der Waals surface area contributed by atoms with Crippen molar-refractivity contribution in [2.75, 3.05) is 6.54 Å². The van der Waals surface area contributed by atoms with Crippen LogP contribution in [0.5, 0.6) is 0 Å². The zero-order valence-electron chi connectivity index (χ0n) is 12.6. The van der Waals surface area contributed by atoms with Gasteiger partial charge in [0.05, 0.1) is 0 Å². The van der Waals surface area contributed by atoms with Crippen molar-refractivity contribution in [3.8, 4) is 0 Å². The fraction of sp³-hybridized carbons (Fsp3) is 0.882. The molecule has 0 heterocycles. The second-order valence-electron chi connectivity index (χ2n) is 5.37. The smallest absolute Gasteiger partial charge is 0.00773 e. The zero-order valence-corrected chi connectivity index (χ0v) is 12.6. The highest BCUT2D eigenvalue weighted by Gasteiger charge is 1.90. The Hall–Kier alpha value is -0.300. The number of nitrogens with two attached hydrogens (primary N) is 1. The van der Waals surface area contributed by atoms with E-state index in [0.29, 0.717) is 0 Å². The Labute approximate surface area is 115 Å². The van der Waals surface area contributed by atoms with E-state index >= 15 is 0 Å². The predicted molar refractivity (Wildman–Crippen MR) is 83.9 cm³/mol. The summed E-state index contributed by atoms with van der Waals surface area (Å²) >= 11 is 0. The van der Waals surface area contributed by atoms with Crippen molar-refractivity contribution in [2.45, 2.75) is 90.4 Å². The molecule has 0 aliphatic heterocycles. The third-order valence-corrected chi connectivity index (χ3v) is 3.47. The van der Waals surface area contributed by atoms with Gasteiger partial charge >= 0.3 is 0 Å². The van der Waals surface area contributed by atoms with Crippen LogP contribution in [0.1, 0.15) is 90.4 Å². The molecule has 1 heteroatoms. The van der Waals surface area contributed by atoms with Gasteiger partial charge in [0.1, 0.15) is 0 Å². The normalized spacial score (nSPS) is 11.4. The molecular weight excluding hydrogens is 218 g/mol. The average molecular weight is 253 g/mol. The van der Waals surface area contributed by atoms with E-state index in [-0.39, 0.29) is 0 Å². The molecule has 0 aromatic heterocycles. The van der Waals surface area contributed by atoms with Gasteiger partial charge in [-0.25, -0.2) is 0 Å². The largest absolute Gasteiger partial charge is 0.330 e. The van der Waals surface area contributed by atoms with Gasteiger partial charge in [0.2, 0.25) is 0 Å². The van der Waals surface area contributed by atoms with Crippen molar-refractivity contribution in [3.63, 3.8) is 0 Å². The van der Waals surface area contributed by atoms with Gasteiger partial charge in [-0.2, -0.15) is 0 Å². The third-order valence-electron chi connectivity index (χ3n) is 3.47. The molecule has 18 heavy (non-hydrogen) atoms. The van der Waals surface area contributed by atoms with Crippen LogP contribution in [0.15, 0.2) is 12.2 Å². The molecule has 108 valence electrons. The first-order valence-corrected chi connectivity index (χ1v) is 8.27. The van der Waals surface area contributed by atoms with Crippen LogP contribution in [0.2, 0.25) is 0 Å². The summed E-state index contributed by atoms with van der Waals surface area (Å²) in [5.74, 6) is 0. The van der Waals surface area contributed by atoms with E-state index in [1.807, 2.05) is 0 Å². The molecule has 0 aliphatic rings. The first kappa shape index (κ1) is 17.7. The zero-order chi connectivity index (χ0) is 13.3. The van der Waals surface area contributed by atoms with Crippen LogP contribution in [0.3, 0.4) is 0 Å². The molecule has 0 saturated heterocycles. The molecule has 0 aliphatic carbocycles. The molecular formula is C17H35N. The SMILES string of the molecule is CCCCCC/C=C\CCCCCCCCCN. The second-order valence-corrected chi connectivity index (χ2v) is 5.37. The third kappa shape index (κ3) is 15.7. The van der Waals surface area contributed by atoms with Crippen molar-refractivity contribution in [2.24, 2.45) is 5.73 Å². The van der Waals surface area contributed by atoms with Crippen LogP contribution in [-0.4, -0.2) is 6.54 Å². The summed E-state index contributed by atoms with van der Waals surface area (Å²) in [5, 5.41) is 0. The highest BCUT2D eigenvalue weighted by Crippen LogP contribution is 2.09. The van der Waals surface area contributed by atoms with Gasteiger partial charge in [-0.05, 0) is 38.6 Å². The molecule has 0 saturated carbocycles. The van der Waals surface area contributed by atoms with E-state index < -0.39 is 0 Å². The minimum atomic E-state index is 0.864. The topological polar surface area (TPSA) is 26.0 Å². The molecule has 0 atom stereocenters. The molecule has 0 spiro atoms. The van der Waals surface area contributed by atoms with Crippen LogP contribution >= 0.6 is 0 Å². The van der Waals surface area contributed by atoms with E-state index in [1.165, 1.54) is 83.5 Å². The van der Waals surface area contributed by atoms with Crippen LogP contribution in [0.25, 0.3) is 0 Å². The van der Waals surface area contributed by atoms with Crippen molar-refractivity contribution < 1.29 is 0 Å². The highest BCUT2D eigenvalue weighted by molar-refractivity contribution is 4.81. The lowest BCUT2D eigenvalue weighted by atomic mass is 10.1. The Morgan fingerprint density at radius 2 is 1.06 bits per heavy atom. The van der Waals surface area contributed by atoms with Gasteiger partial charge in [-0.1, -0.05) is 70.4 Å². The molecule has 0 aromatic carbocycles. The summed E-state index contributed by atoms with van der Waals surface area (Å²) in [7, 11) is 0. The van der Waals surface area contributed by atoms with E-state index in [4.69, 9.17) is 5.73 Å². The first-order valence-electron chi connectivity index (χ1n) is 8.27. The van der Waals surface area contributed by atoms with Crippen molar-refractivity contribution >= 4 is 0 Å². The number of allylic oxidation sites excluding steroid dienone is 2. The minimum Gasteiger partial charge on any atom is -0.330 e. The average Bonchev–Trinajstić information content (AvgIpc) is 2.39. The van der Waals surface area contributed by atoms with E-state index in [1.54, 1.807) is 0 Å². The second kappa shape index (κ2) is 16.7. The lowest BCUT2D eigenvalue weighted by Gasteiger charge is -2.00. The van der Waals surface area contributed by atoms with E-state index in [0.717, 1.165) is 6.54 Å². The Morgan fingerprint density at radius 3 is 1.56 bits per heavy atom. The molecule has 2 N–H and O–H groups in total. The maximum Gasteiger partial charge on any atom is -0.00773 e. The summed E-state index contributed by atoms with van der Waals surface area (Å²) in [5.41, 5.74) is 5.47. The Kier molecular flexibility index (Phi) is 16.4. The maximum atomic E-state index is 5.47. The van der Waals surface area contributed by atoms with E-state index in [2.05, 4.69) is 19.1 Å². The Morgan fingerprint density at radius 1 is 0.611 bits per heavy atom. The number of hydrogen-bond acceptors (Lipinski definition) is 1. The number of unbranched alkanes of at least 4 members (excludes halogenated alkanes) is 11. The fourth-order valence-corrected chi connectivity index (χ4v) is 2.22. The Bertz CT molecular complexity index is 163. The van der Waals surface area contributed by atoms with Gasteiger partial charge in [0.25, 0.3) is 0 Å². The number of hydrogen-bond donors (Lipinski definition) is 1. The quantitative estimate of drug-likeness (QED) is 0.317. The molecule has 0 rings (SSSR count). The highest BCUT2D eigenvalue weighted by atomic mass is 14.5. The van der Waals surface area contributed by atoms with Crippen molar-refractivity contribution in [1.29, 1.82) is 0 Å². The number of rotatable bonds is 14. The first-order chi connectivity index (χ1) is 8.91. The molecule has 0 radical (unpaired) electrons. The van der Waals surface area contributed by atoms with Gasteiger partial charge in [-0.15, -0.1) is 0 Å². The molecule has 0 aromatic rings. The molecule has 0 bridgehead atoms. The van der Waals surface area contributed by atoms with Crippen molar-refractivity contribution in [1.82, 2.24) is 0 Å².